The lowest BCUT2D eigenvalue weighted by Gasteiger charge is -2.08. The fourth-order valence-corrected chi connectivity index (χ4v) is 2.25. The van der Waals surface area contributed by atoms with E-state index < -0.39 is 17.7 Å². The third-order valence-electron chi connectivity index (χ3n) is 3.53. The maximum atomic E-state index is 12.7. The molecule has 0 spiro atoms. The molecule has 0 bridgehead atoms. The molecule has 2 rings (SSSR count). The van der Waals surface area contributed by atoms with Crippen LogP contribution in [0.15, 0.2) is 58.8 Å². The van der Waals surface area contributed by atoms with Crippen LogP contribution in [0.25, 0.3) is 0 Å². The molecule has 0 unspecified atom stereocenters. The lowest BCUT2D eigenvalue weighted by molar-refractivity contribution is -0.137. The fourth-order valence-electron chi connectivity index (χ4n) is 2.25. The van der Waals surface area contributed by atoms with Gasteiger partial charge < -0.3 is 14.4 Å². The van der Waals surface area contributed by atoms with Crippen molar-refractivity contribution in [1.29, 1.82) is 0 Å². The van der Waals surface area contributed by atoms with E-state index in [1.807, 2.05) is 0 Å². The highest BCUT2D eigenvalue weighted by molar-refractivity contribution is 6.44. The average molecular weight is 394 g/mol. The van der Waals surface area contributed by atoms with E-state index in [1.54, 1.807) is 24.3 Å². The Balaban J connectivity index is 2.14. The Hall–Kier alpha value is -3.36. The molecule has 0 fully saturated rings. The second kappa shape index (κ2) is 9.54. The van der Waals surface area contributed by atoms with Crippen LogP contribution in [0, 0.1) is 0 Å². The number of esters is 1. The van der Waals surface area contributed by atoms with Crippen LogP contribution in [-0.4, -0.2) is 32.1 Å². The zero-order valence-electron chi connectivity index (χ0n) is 15.1. The minimum absolute atomic E-state index is 0.0649. The molecule has 2 aromatic rings. The predicted molar refractivity (Wildman–Crippen MR) is 95.8 cm³/mol. The Kier molecular flexibility index (Phi) is 7.14. The fraction of sp³-hybridized carbons (Fsp3) is 0.211. The first-order valence-electron chi connectivity index (χ1n) is 7.97. The van der Waals surface area contributed by atoms with Crippen molar-refractivity contribution < 1.29 is 32.4 Å². The van der Waals surface area contributed by atoms with Gasteiger partial charge in [0, 0.05) is 11.1 Å². The SMILES string of the molecule is CON=C(C(=O)OC)c1ccccc1C=NOCc1cccc(C(F)(F)F)c1. The molecule has 0 aliphatic rings. The van der Waals surface area contributed by atoms with Crippen molar-refractivity contribution in [1.82, 2.24) is 0 Å². The Labute approximate surface area is 159 Å². The lowest BCUT2D eigenvalue weighted by Crippen LogP contribution is -2.19. The molecule has 9 heteroatoms. The molecule has 0 aliphatic heterocycles. The van der Waals surface area contributed by atoms with Gasteiger partial charge in [0.2, 0.25) is 0 Å². The van der Waals surface area contributed by atoms with Gasteiger partial charge in [-0.2, -0.15) is 13.2 Å². The second-order valence-corrected chi connectivity index (χ2v) is 5.41. The summed E-state index contributed by atoms with van der Waals surface area (Å²) in [5, 5.41) is 7.43. The summed E-state index contributed by atoms with van der Waals surface area (Å²) < 4.78 is 42.9. The number of benzene rings is 2. The number of alkyl halides is 3. The van der Waals surface area contributed by atoms with Crippen molar-refractivity contribution in [2.45, 2.75) is 12.8 Å². The molecule has 0 heterocycles. The van der Waals surface area contributed by atoms with Crippen LogP contribution in [0.2, 0.25) is 0 Å². The average Bonchev–Trinajstić information content (AvgIpc) is 2.69. The number of methoxy groups -OCH3 is 1. The highest BCUT2D eigenvalue weighted by atomic mass is 19.4. The number of rotatable bonds is 7. The van der Waals surface area contributed by atoms with E-state index in [-0.39, 0.29) is 12.3 Å². The van der Waals surface area contributed by atoms with Gasteiger partial charge in [-0.25, -0.2) is 4.79 Å². The molecule has 0 N–H and O–H groups in total. The van der Waals surface area contributed by atoms with Crippen LogP contribution >= 0.6 is 0 Å². The first-order valence-corrected chi connectivity index (χ1v) is 7.97. The summed E-state index contributed by atoms with van der Waals surface area (Å²) >= 11 is 0. The topological polar surface area (TPSA) is 69.5 Å². The van der Waals surface area contributed by atoms with Gasteiger partial charge in [-0.05, 0) is 17.7 Å². The number of oxime groups is 2. The predicted octanol–water partition coefficient (Wildman–Crippen LogP) is 3.78. The maximum absolute atomic E-state index is 12.7. The van der Waals surface area contributed by atoms with Crippen molar-refractivity contribution in [3.8, 4) is 0 Å². The van der Waals surface area contributed by atoms with E-state index in [1.165, 1.54) is 32.6 Å². The van der Waals surface area contributed by atoms with Crippen LogP contribution < -0.4 is 0 Å². The number of hydrogen-bond acceptors (Lipinski definition) is 6. The van der Waals surface area contributed by atoms with Crippen molar-refractivity contribution in [3.05, 3.63) is 70.8 Å². The van der Waals surface area contributed by atoms with Crippen LogP contribution in [0.3, 0.4) is 0 Å². The number of ether oxygens (including phenoxy) is 1. The normalized spacial score (nSPS) is 12.1. The summed E-state index contributed by atoms with van der Waals surface area (Å²) in [6, 6.07) is 11.4. The van der Waals surface area contributed by atoms with Crippen LogP contribution in [0.4, 0.5) is 13.2 Å². The van der Waals surface area contributed by atoms with Gasteiger partial charge in [0.25, 0.3) is 0 Å². The number of halogens is 3. The molecule has 0 aromatic heterocycles. The molecule has 2 aromatic carbocycles. The quantitative estimate of drug-likeness (QED) is 0.407. The molecule has 0 aliphatic carbocycles. The Morgan fingerprint density at radius 3 is 2.54 bits per heavy atom. The molecule has 148 valence electrons. The van der Waals surface area contributed by atoms with Crippen molar-refractivity contribution in [3.63, 3.8) is 0 Å². The molecule has 0 radical (unpaired) electrons. The summed E-state index contributed by atoms with van der Waals surface area (Å²) in [4.78, 5) is 21.6. The summed E-state index contributed by atoms with van der Waals surface area (Å²) in [5.74, 6) is -0.701. The Bertz CT molecular complexity index is 879. The first-order chi connectivity index (χ1) is 13.4. The van der Waals surface area contributed by atoms with Crippen molar-refractivity contribution in [2.24, 2.45) is 10.3 Å². The summed E-state index contributed by atoms with van der Waals surface area (Å²) in [5.41, 5.74) is 0.359. The van der Waals surface area contributed by atoms with Crippen molar-refractivity contribution >= 4 is 17.9 Å². The standard InChI is InChI=1S/C19H17F3N2O4/c1-26-18(25)17(24-27-2)16-9-4-3-7-14(16)11-23-28-12-13-6-5-8-15(10-13)19(20,21)22/h3-11H,12H2,1-2H3. The number of nitrogens with zero attached hydrogens (tertiary/aromatic N) is 2. The van der Waals surface area contributed by atoms with Crippen LogP contribution in [-0.2, 0) is 32.0 Å². The van der Waals surface area contributed by atoms with Gasteiger partial charge in [-0.1, -0.05) is 46.7 Å². The van der Waals surface area contributed by atoms with E-state index in [0.29, 0.717) is 16.7 Å². The number of hydrogen-bond donors (Lipinski definition) is 0. The van der Waals surface area contributed by atoms with Gasteiger partial charge in [-0.3, -0.25) is 0 Å². The third kappa shape index (κ3) is 5.57. The summed E-state index contributed by atoms with van der Waals surface area (Å²) in [7, 11) is 2.50. The van der Waals surface area contributed by atoms with Gasteiger partial charge in [0.05, 0.1) is 18.9 Å². The lowest BCUT2D eigenvalue weighted by atomic mass is 10.0. The van der Waals surface area contributed by atoms with E-state index in [2.05, 4.69) is 19.9 Å². The zero-order chi connectivity index (χ0) is 20.6. The molecule has 0 saturated carbocycles. The highest BCUT2D eigenvalue weighted by Gasteiger charge is 2.30. The minimum atomic E-state index is -4.43. The van der Waals surface area contributed by atoms with Crippen LogP contribution in [0.5, 0.6) is 0 Å². The highest BCUT2D eigenvalue weighted by Crippen LogP contribution is 2.29. The monoisotopic (exact) mass is 394 g/mol. The number of carbonyl (C=O) groups excluding carboxylic acids is 1. The van der Waals surface area contributed by atoms with Gasteiger partial charge in [0.15, 0.2) is 5.71 Å². The second-order valence-electron chi connectivity index (χ2n) is 5.41. The Morgan fingerprint density at radius 1 is 1.11 bits per heavy atom. The van der Waals surface area contributed by atoms with Crippen LogP contribution in [0.1, 0.15) is 22.3 Å². The molecule has 28 heavy (non-hydrogen) atoms. The summed E-state index contributed by atoms with van der Waals surface area (Å²) in [6.07, 6.45) is -3.11. The molecule has 0 saturated heterocycles. The molecular formula is C19H17F3N2O4. The van der Waals surface area contributed by atoms with E-state index in [0.717, 1.165) is 12.1 Å². The van der Waals surface area contributed by atoms with E-state index in [9.17, 15) is 18.0 Å². The summed E-state index contributed by atoms with van der Waals surface area (Å²) in [6.45, 7) is -0.154. The maximum Gasteiger partial charge on any atom is 0.416 e. The van der Waals surface area contributed by atoms with Gasteiger partial charge >= 0.3 is 12.1 Å². The first kappa shape index (κ1) is 20.9. The molecule has 0 amide bonds. The van der Waals surface area contributed by atoms with Crippen molar-refractivity contribution in [2.75, 3.05) is 14.2 Å². The Morgan fingerprint density at radius 2 is 1.86 bits per heavy atom. The van der Waals surface area contributed by atoms with E-state index >= 15 is 0 Å². The molecular weight excluding hydrogens is 377 g/mol. The third-order valence-corrected chi connectivity index (χ3v) is 3.53. The smallest absolute Gasteiger partial charge is 0.416 e. The minimum Gasteiger partial charge on any atom is -0.464 e. The van der Waals surface area contributed by atoms with E-state index in [4.69, 9.17) is 4.84 Å². The largest absolute Gasteiger partial charge is 0.464 e. The number of carbonyl (C=O) groups is 1. The van der Waals surface area contributed by atoms with Gasteiger partial charge in [0.1, 0.15) is 13.7 Å². The zero-order valence-corrected chi connectivity index (χ0v) is 15.1. The molecule has 0 atom stereocenters. The van der Waals surface area contributed by atoms with Gasteiger partial charge in [-0.15, -0.1) is 0 Å². The molecule has 6 nitrogen and oxygen atoms in total.